The molecule has 1 amide bonds. The van der Waals surface area contributed by atoms with Gasteiger partial charge in [0.1, 0.15) is 5.54 Å². The van der Waals surface area contributed by atoms with Gasteiger partial charge in [0.15, 0.2) is 0 Å². The smallest absolute Gasteiger partial charge is 0.276 e. The molecule has 0 saturated carbocycles. The van der Waals surface area contributed by atoms with Gasteiger partial charge in [-0.25, -0.2) is 0 Å². The second-order valence-electron chi connectivity index (χ2n) is 4.08. The Morgan fingerprint density at radius 1 is 1.37 bits per heavy atom. The highest BCUT2D eigenvalue weighted by molar-refractivity contribution is 7.99. The van der Waals surface area contributed by atoms with Gasteiger partial charge in [0, 0.05) is 12.7 Å². The largest absolute Gasteiger partial charge is 0.416 e. The summed E-state index contributed by atoms with van der Waals surface area (Å²) in [5, 5.41) is 7.92. The lowest BCUT2D eigenvalue weighted by atomic mass is 9.92. The summed E-state index contributed by atoms with van der Waals surface area (Å²) in [6.07, 6.45) is 0. The SMILES string of the molecule is Cc1nnc(SCC(N)(C(N)=O)c2ccccc2)o1. The third kappa shape index (κ3) is 2.94. The molecule has 7 heteroatoms. The lowest BCUT2D eigenvalue weighted by Crippen LogP contribution is -2.51. The van der Waals surface area contributed by atoms with Crippen molar-refractivity contribution in [3.05, 3.63) is 41.8 Å². The average Bonchev–Trinajstić information content (AvgIpc) is 2.82. The highest BCUT2D eigenvalue weighted by Crippen LogP contribution is 2.27. The molecule has 1 unspecified atom stereocenters. The molecule has 6 nitrogen and oxygen atoms in total. The molecule has 1 heterocycles. The number of thioether (sulfide) groups is 1. The molecule has 0 radical (unpaired) electrons. The van der Waals surface area contributed by atoms with E-state index in [9.17, 15) is 4.79 Å². The second kappa shape index (κ2) is 5.41. The van der Waals surface area contributed by atoms with E-state index in [1.54, 1.807) is 31.2 Å². The normalized spacial score (nSPS) is 14.0. The van der Waals surface area contributed by atoms with Crippen molar-refractivity contribution in [1.29, 1.82) is 0 Å². The number of carbonyl (C=O) groups excluding carboxylic acids is 1. The summed E-state index contributed by atoms with van der Waals surface area (Å²) in [4.78, 5) is 11.7. The molecule has 0 aliphatic heterocycles. The molecule has 2 aromatic rings. The zero-order valence-electron chi connectivity index (χ0n) is 10.4. The van der Waals surface area contributed by atoms with Crippen molar-refractivity contribution < 1.29 is 9.21 Å². The van der Waals surface area contributed by atoms with Crippen LogP contribution in [0.4, 0.5) is 0 Å². The zero-order valence-corrected chi connectivity index (χ0v) is 11.2. The quantitative estimate of drug-likeness (QED) is 0.783. The van der Waals surface area contributed by atoms with Gasteiger partial charge in [-0.1, -0.05) is 42.1 Å². The molecule has 1 aromatic carbocycles. The molecule has 2 rings (SSSR count). The Balaban J connectivity index is 2.19. The Morgan fingerprint density at radius 3 is 2.58 bits per heavy atom. The maximum Gasteiger partial charge on any atom is 0.276 e. The fourth-order valence-corrected chi connectivity index (χ4v) is 2.48. The first kappa shape index (κ1) is 13.6. The van der Waals surface area contributed by atoms with Crippen LogP contribution < -0.4 is 11.5 Å². The van der Waals surface area contributed by atoms with Crippen LogP contribution in [0.1, 0.15) is 11.5 Å². The minimum absolute atomic E-state index is 0.230. The van der Waals surface area contributed by atoms with E-state index in [2.05, 4.69) is 10.2 Å². The van der Waals surface area contributed by atoms with Crippen molar-refractivity contribution >= 4 is 17.7 Å². The van der Waals surface area contributed by atoms with Gasteiger partial charge in [0.25, 0.3) is 5.22 Å². The van der Waals surface area contributed by atoms with Crippen LogP contribution in [0.3, 0.4) is 0 Å². The number of amides is 1. The molecule has 0 aliphatic carbocycles. The molecule has 1 aromatic heterocycles. The van der Waals surface area contributed by atoms with Gasteiger partial charge in [0.2, 0.25) is 11.8 Å². The summed E-state index contributed by atoms with van der Waals surface area (Å²) in [5.41, 5.74) is 10.9. The highest BCUT2D eigenvalue weighted by atomic mass is 32.2. The number of primary amides is 1. The van der Waals surface area contributed by atoms with E-state index in [0.717, 1.165) is 0 Å². The Bertz CT molecular complexity index is 572. The lowest BCUT2D eigenvalue weighted by Gasteiger charge is -2.25. The maximum absolute atomic E-state index is 11.7. The Morgan fingerprint density at radius 2 is 2.05 bits per heavy atom. The number of aromatic nitrogens is 2. The number of benzene rings is 1. The topological polar surface area (TPSA) is 108 Å². The summed E-state index contributed by atoms with van der Waals surface area (Å²) < 4.78 is 5.23. The summed E-state index contributed by atoms with van der Waals surface area (Å²) in [6.45, 7) is 1.69. The van der Waals surface area contributed by atoms with Crippen molar-refractivity contribution in [2.75, 3.05) is 5.75 Å². The van der Waals surface area contributed by atoms with Crippen molar-refractivity contribution in [3.8, 4) is 0 Å². The average molecular weight is 278 g/mol. The molecule has 100 valence electrons. The molecule has 1 atom stereocenters. The summed E-state index contributed by atoms with van der Waals surface area (Å²) >= 11 is 1.21. The predicted octanol–water partition coefficient (Wildman–Crippen LogP) is 0.810. The molecule has 0 saturated heterocycles. The Labute approximate surface area is 114 Å². The van der Waals surface area contributed by atoms with Gasteiger partial charge in [0.05, 0.1) is 0 Å². The van der Waals surface area contributed by atoms with E-state index in [4.69, 9.17) is 15.9 Å². The number of rotatable bonds is 5. The number of carbonyl (C=O) groups is 1. The molecule has 19 heavy (non-hydrogen) atoms. The van der Waals surface area contributed by atoms with E-state index in [0.29, 0.717) is 16.7 Å². The lowest BCUT2D eigenvalue weighted by molar-refractivity contribution is -0.122. The van der Waals surface area contributed by atoms with Crippen molar-refractivity contribution in [1.82, 2.24) is 10.2 Å². The Kier molecular flexibility index (Phi) is 3.87. The van der Waals surface area contributed by atoms with Gasteiger partial charge < -0.3 is 15.9 Å². The standard InChI is InChI=1S/C12H14N4O2S/c1-8-15-16-11(18-8)19-7-12(14,10(13)17)9-5-3-2-4-6-9/h2-6H,7,14H2,1H3,(H2,13,17). The van der Waals surface area contributed by atoms with E-state index in [1.165, 1.54) is 11.8 Å². The molecular formula is C12H14N4O2S. The fourth-order valence-electron chi connectivity index (χ4n) is 1.54. The van der Waals surface area contributed by atoms with Gasteiger partial charge in [-0.15, -0.1) is 10.2 Å². The zero-order chi connectivity index (χ0) is 13.9. The van der Waals surface area contributed by atoms with Crippen LogP contribution in [0.15, 0.2) is 40.0 Å². The molecule has 0 aliphatic rings. The number of aryl methyl sites for hydroxylation is 1. The third-order valence-corrected chi connectivity index (χ3v) is 3.67. The van der Waals surface area contributed by atoms with Crippen LogP contribution in [0.2, 0.25) is 0 Å². The molecule has 4 N–H and O–H groups in total. The predicted molar refractivity (Wildman–Crippen MR) is 71.3 cm³/mol. The third-order valence-electron chi connectivity index (χ3n) is 2.66. The summed E-state index contributed by atoms with van der Waals surface area (Å²) in [5.74, 6) is 0.0971. The van der Waals surface area contributed by atoms with Crippen LogP contribution in [0.5, 0.6) is 0 Å². The first-order valence-electron chi connectivity index (χ1n) is 5.59. The molecule has 0 fully saturated rings. The Hall–Kier alpha value is -1.86. The number of hydrogen-bond donors (Lipinski definition) is 2. The number of nitrogens with zero attached hydrogens (tertiary/aromatic N) is 2. The van der Waals surface area contributed by atoms with Crippen LogP contribution in [-0.4, -0.2) is 21.9 Å². The van der Waals surface area contributed by atoms with Crippen molar-refractivity contribution in [3.63, 3.8) is 0 Å². The molecular weight excluding hydrogens is 264 g/mol. The monoisotopic (exact) mass is 278 g/mol. The number of nitrogens with two attached hydrogens (primary N) is 2. The second-order valence-corrected chi connectivity index (χ2v) is 5.00. The van der Waals surface area contributed by atoms with E-state index >= 15 is 0 Å². The van der Waals surface area contributed by atoms with Crippen LogP contribution >= 0.6 is 11.8 Å². The first-order chi connectivity index (χ1) is 9.02. The van der Waals surface area contributed by atoms with Crippen molar-refractivity contribution in [2.45, 2.75) is 17.7 Å². The number of hydrogen-bond acceptors (Lipinski definition) is 6. The minimum atomic E-state index is -1.27. The molecule has 0 spiro atoms. The van der Waals surface area contributed by atoms with Crippen LogP contribution in [0, 0.1) is 6.92 Å². The first-order valence-corrected chi connectivity index (χ1v) is 6.58. The fraction of sp³-hybridized carbons (Fsp3) is 0.250. The van der Waals surface area contributed by atoms with E-state index in [-0.39, 0.29) is 5.75 Å². The molecule has 0 bridgehead atoms. The van der Waals surface area contributed by atoms with Crippen LogP contribution in [0.25, 0.3) is 0 Å². The van der Waals surface area contributed by atoms with Gasteiger partial charge in [-0.3, -0.25) is 4.79 Å². The van der Waals surface area contributed by atoms with Gasteiger partial charge >= 0.3 is 0 Å². The van der Waals surface area contributed by atoms with Crippen LogP contribution in [-0.2, 0) is 10.3 Å². The maximum atomic E-state index is 11.7. The highest BCUT2D eigenvalue weighted by Gasteiger charge is 2.34. The van der Waals surface area contributed by atoms with E-state index < -0.39 is 11.4 Å². The van der Waals surface area contributed by atoms with Gasteiger partial charge in [-0.05, 0) is 5.56 Å². The summed E-state index contributed by atoms with van der Waals surface area (Å²) in [6, 6.07) is 9.00. The summed E-state index contributed by atoms with van der Waals surface area (Å²) in [7, 11) is 0. The van der Waals surface area contributed by atoms with Crippen molar-refractivity contribution in [2.24, 2.45) is 11.5 Å². The van der Waals surface area contributed by atoms with Gasteiger partial charge in [-0.2, -0.15) is 0 Å². The minimum Gasteiger partial charge on any atom is -0.416 e. The van der Waals surface area contributed by atoms with E-state index in [1.807, 2.05) is 6.07 Å².